The smallest absolute Gasteiger partial charge is 0.140 e. The Balaban J connectivity index is 2.23. The van der Waals surface area contributed by atoms with Gasteiger partial charge >= 0.3 is 0 Å². The summed E-state index contributed by atoms with van der Waals surface area (Å²) in [7, 11) is 0. The van der Waals surface area contributed by atoms with Crippen LogP contribution in [-0.4, -0.2) is 9.97 Å². The van der Waals surface area contributed by atoms with Crippen molar-refractivity contribution in [2.45, 2.75) is 6.92 Å². The summed E-state index contributed by atoms with van der Waals surface area (Å²) in [6.07, 6.45) is 0. The normalized spacial score (nSPS) is 11.1. The van der Waals surface area contributed by atoms with Gasteiger partial charge in [0.05, 0.1) is 15.6 Å². The Bertz CT molecular complexity index is 778. The van der Waals surface area contributed by atoms with Crippen LogP contribution in [0.5, 0.6) is 0 Å². The monoisotopic (exact) mass is 291 g/mol. The van der Waals surface area contributed by atoms with Gasteiger partial charge in [-0.05, 0) is 42.8 Å². The molecule has 0 amide bonds. The molecule has 96 valence electrons. The number of aryl methyl sites for hydroxylation is 1. The predicted molar refractivity (Wildman–Crippen MR) is 80.7 cm³/mol. The molecule has 19 heavy (non-hydrogen) atoms. The highest BCUT2D eigenvalue weighted by atomic mass is 35.5. The lowest BCUT2D eigenvalue weighted by atomic mass is 10.2. The van der Waals surface area contributed by atoms with Gasteiger partial charge in [-0.3, -0.25) is 0 Å². The second-order valence-electron chi connectivity index (χ2n) is 4.47. The van der Waals surface area contributed by atoms with Gasteiger partial charge in [0.1, 0.15) is 11.3 Å². The Labute approximate surface area is 120 Å². The zero-order valence-corrected chi connectivity index (χ0v) is 11.7. The summed E-state index contributed by atoms with van der Waals surface area (Å²) >= 11 is 12.4. The second-order valence-corrected chi connectivity index (χ2v) is 5.28. The number of hydrogen-bond acceptors (Lipinski definition) is 2. The highest BCUT2D eigenvalue weighted by Gasteiger charge is 2.11. The minimum Gasteiger partial charge on any atom is -0.399 e. The number of aromatic amines is 1. The molecule has 5 heteroatoms. The second kappa shape index (κ2) is 4.44. The topological polar surface area (TPSA) is 54.7 Å². The number of nitrogens with one attached hydrogen (secondary N) is 1. The van der Waals surface area contributed by atoms with Crippen LogP contribution in [0.2, 0.25) is 10.0 Å². The van der Waals surface area contributed by atoms with Gasteiger partial charge in [-0.1, -0.05) is 23.2 Å². The molecule has 0 saturated carbocycles. The van der Waals surface area contributed by atoms with Gasteiger partial charge in [-0.25, -0.2) is 4.98 Å². The van der Waals surface area contributed by atoms with Crippen molar-refractivity contribution < 1.29 is 0 Å². The van der Waals surface area contributed by atoms with E-state index in [1.807, 2.05) is 25.1 Å². The van der Waals surface area contributed by atoms with Crippen molar-refractivity contribution in [2.24, 2.45) is 0 Å². The number of nitrogens with zero attached hydrogens (tertiary/aromatic N) is 1. The van der Waals surface area contributed by atoms with E-state index < -0.39 is 0 Å². The maximum absolute atomic E-state index is 6.19. The molecule has 0 radical (unpaired) electrons. The SMILES string of the molecule is Cc1cc(Cl)c2nc(-c3ccc(N)cc3Cl)[nH]c2c1. The lowest BCUT2D eigenvalue weighted by molar-refractivity contribution is 1.34. The van der Waals surface area contributed by atoms with E-state index in [1.165, 1.54) is 0 Å². The molecule has 0 atom stereocenters. The Morgan fingerprint density at radius 2 is 1.89 bits per heavy atom. The first-order valence-electron chi connectivity index (χ1n) is 5.76. The average molecular weight is 292 g/mol. The number of halogens is 2. The summed E-state index contributed by atoms with van der Waals surface area (Å²) in [5.41, 5.74) is 9.84. The largest absolute Gasteiger partial charge is 0.399 e. The van der Waals surface area contributed by atoms with Crippen LogP contribution in [-0.2, 0) is 0 Å². The fourth-order valence-corrected chi connectivity index (χ4v) is 2.66. The molecule has 0 aliphatic heterocycles. The average Bonchev–Trinajstić information content (AvgIpc) is 2.72. The molecule has 3 N–H and O–H groups in total. The van der Waals surface area contributed by atoms with Gasteiger partial charge < -0.3 is 10.7 Å². The molecular weight excluding hydrogens is 281 g/mol. The minimum atomic E-state index is 0.562. The van der Waals surface area contributed by atoms with Gasteiger partial charge in [-0.15, -0.1) is 0 Å². The Morgan fingerprint density at radius 1 is 1.11 bits per heavy atom. The number of imidazole rings is 1. The first kappa shape index (κ1) is 12.3. The number of anilines is 1. The standard InChI is InChI=1S/C14H11Cl2N3/c1-7-4-11(16)13-12(5-7)18-14(19-13)9-3-2-8(17)6-10(9)15/h2-6H,17H2,1H3,(H,18,19). The van der Waals surface area contributed by atoms with Crippen molar-refractivity contribution in [3.63, 3.8) is 0 Å². The fraction of sp³-hybridized carbons (Fsp3) is 0.0714. The van der Waals surface area contributed by atoms with Crippen LogP contribution in [0.15, 0.2) is 30.3 Å². The van der Waals surface area contributed by atoms with Crippen LogP contribution in [0.3, 0.4) is 0 Å². The number of rotatable bonds is 1. The number of H-pyrrole nitrogens is 1. The number of nitrogens with two attached hydrogens (primary N) is 1. The summed E-state index contributed by atoms with van der Waals surface area (Å²) in [4.78, 5) is 7.73. The van der Waals surface area contributed by atoms with Crippen molar-refractivity contribution in [3.05, 3.63) is 45.9 Å². The Hall–Kier alpha value is -1.71. The Kier molecular flexibility index (Phi) is 2.88. The third kappa shape index (κ3) is 2.15. The minimum absolute atomic E-state index is 0.562. The van der Waals surface area contributed by atoms with Crippen molar-refractivity contribution in [1.82, 2.24) is 9.97 Å². The zero-order chi connectivity index (χ0) is 13.6. The molecule has 0 spiro atoms. The summed E-state index contributed by atoms with van der Waals surface area (Å²) in [6.45, 7) is 1.99. The molecule has 2 aromatic carbocycles. The van der Waals surface area contributed by atoms with Crippen molar-refractivity contribution in [1.29, 1.82) is 0 Å². The first-order chi connectivity index (χ1) is 9.04. The van der Waals surface area contributed by atoms with E-state index in [4.69, 9.17) is 28.9 Å². The van der Waals surface area contributed by atoms with Crippen LogP contribution in [0, 0.1) is 6.92 Å². The lowest BCUT2D eigenvalue weighted by Gasteiger charge is -2.01. The first-order valence-corrected chi connectivity index (χ1v) is 6.51. The number of fused-ring (bicyclic) bond motifs is 1. The van der Waals surface area contributed by atoms with E-state index in [0.29, 0.717) is 21.6 Å². The highest BCUT2D eigenvalue weighted by molar-refractivity contribution is 6.35. The van der Waals surface area contributed by atoms with E-state index in [2.05, 4.69) is 9.97 Å². The van der Waals surface area contributed by atoms with Crippen molar-refractivity contribution in [2.75, 3.05) is 5.73 Å². The van der Waals surface area contributed by atoms with E-state index in [0.717, 1.165) is 22.2 Å². The summed E-state index contributed by atoms with van der Waals surface area (Å²) in [5.74, 6) is 0.688. The molecule has 3 nitrogen and oxygen atoms in total. The van der Waals surface area contributed by atoms with Crippen LogP contribution in [0.25, 0.3) is 22.4 Å². The molecule has 0 unspecified atom stereocenters. The maximum atomic E-state index is 6.19. The molecule has 0 saturated heterocycles. The van der Waals surface area contributed by atoms with Crippen LogP contribution in [0.4, 0.5) is 5.69 Å². The Morgan fingerprint density at radius 3 is 2.63 bits per heavy atom. The summed E-state index contributed by atoms with van der Waals surface area (Å²) < 4.78 is 0. The third-order valence-corrected chi connectivity index (χ3v) is 3.53. The van der Waals surface area contributed by atoms with Crippen LogP contribution < -0.4 is 5.73 Å². The third-order valence-electron chi connectivity index (χ3n) is 2.93. The lowest BCUT2D eigenvalue weighted by Crippen LogP contribution is -1.87. The number of benzene rings is 2. The van der Waals surface area contributed by atoms with Crippen LogP contribution >= 0.6 is 23.2 Å². The van der Waals surface area contributed by atoms with Gasteiger partial charge in [0.15, 0.2) is 0 Å². The molecule has 1 heterocycles. The van der Waals surface area contributed by atoms with Crippen molar-refractivity contribution in [3.8, 4) is 11.4 Å². The van der Waals surface area contributed by atoms with Crippen LogP contribution in [0.1, 0.15) is 5.56 Å². The molecule has 0 fully saturated rings. The molecular formula is C14H11Cl2N3. The molecule has 3 aromatic rings. The van der Waals surface area contributed by atoms with Gasteiger partial charge in [-0.2, -0.15) is 0 Å². The maximum Gasteiger partial charge on any atom is 0.140 e. The van der Waals surface area contributed by atoms with E-state index in [9.17, 15) is 0 Å². The summed E-state index contributed by atoms with van der Waals surface area (Å²) in [6, 6.07) is 9.23. The number of nitrogen functional groups attached to an aromatic ring is 1. The molecule has 3 rings (SSSR count). The number of hydrogen-bond donors (Lipinski definition) is 2. The van der Waals surface area contributed by atoms with Gasteiger partial charge in [0.2, 0.25) is 0 Å². The van der Waals surface area contributed by atoms with Gasteiger partial charge in [0, 0.05) is 11.3 Å². The number of aromatic nitrogens is 2. The quantitative estimate of drug-likeness (QED) is 0.652. The van der Waals surface area contributed by atoms with E-state index in [1.54, 1.807) is 12.1 Å². The fourth-order valence-electron chi connectivity index (χ4n) is 2.06. The zero-order valence-electron chi connectivity index (χ0n) is 10.2. The predicted octanol–water partition coefficient (Wildman–Crippen LogP) is 4.43. The molecule has 0 bridgehead atoms. The highest BCUT2D eigenvalue weighted by Crippen LogP contribution is 2.31. The van der Waals surface area contributed by atoms with Gasteiger partial charge in [0.25, 0.3) is 0 Å². The summed E-state index contributed by atoms with van der Waals surface area (Å²) in [5, 5.41) is 1.19. The van der Waals surface area contributed by atoms with Crippen molar-refractivity contribution >= 4 is 39.9 Å². The van der Waals surface area contributed by atoms with E-state index in [-0.39, 0.29) is 0 Å². The molecule has 1 aromatic heterocycles. The molecule has 0 aliphatic carbocycles. The van der Waals surface area contributed by atoms with E-state index >= 15 is 0 Å². The molecule has 0 aliphatic rings.